The summed E-state index contributed by atoms with van der Waals surface area (Å²) in [5, 5.41) is 63.4. The molecule has 4 heterocycles. The normalized spacial score (nSPS) is 33.1. The highest BCUT2D eigenvalue weighted by molar-refractivity contribution is 6.74. The van der Waals surface area contributed by atoms with E-state index in [1.54, 1.807) is 78.9 Å². The van der Waals surface area contributed by atoms with Gasteiger partial charge < -0.3 is 99.4 Å². The van der Waals surface area contributed by atoms with Crippen LogP contribution in [0, 0.1) is 17.8 Å². The molecule has 4 aliphatic heterocycles. The molecule has 0 aromatic heterocycles. The van der Waals surface area contributed by atoms with Crippen molar-refractivity contribution in [3.8, 4) is 0 Å². The molecule has 6 aliphatic rings. The highest BCUT2D eigenvalue weighted by Crippen LogP contribution is 2.42. The van der Waals surface area contributed by atoms with Gasteiger partial charge in [-0.05, 0) is 53.6 Å². The number of hydrogen-bond acceptors (Lipinski definition) is 21. The van der Waals surface area contributed by atoms with E-state index in [9.17, 15) is 54.0 Å². The standard InChI is InChI=1S/C63H86N6O21Si/c1-33-34(2)56(84-43-28-64-58(76)88-51(33)43)86-52-41(67-60(78)81-30-35-17-11-8-12-18-35)26-38(47(72)49(52)74)25-39(70)23-24-45(71)66-40-27-42(68-61(79)82-31-36-19-13-9-14-20-36)53(50(75)48(40)73)87-57-46(69-62(80)83-32-37-21-15-10-16-22-37)55(90-91(6,7)63(3,4)5)54-44(85-57)29-65-59(77)89-54/h8-22,33-34,38,40-44,46-57,72-75H,23-32H2,1-7H3,(H,64,76)(H,65,77)(H,66,71)(H,67,78)(H,68,79)(H,69,80)/t33-,34?,38-,40-,41?,42?,43?,44-,46?,47?,48?,49-,50?,51+,52-,53-,54-,55?,56-,57-/m1/s1. The summed E-state index contributed by atoms with van der Waals surface area (Å²) < 4.78 is 60.9. The molecular formula is C63H86N6O21Si. The average molecular weight is 1290 g/mol. The van der Waals surface area contributed by atoms with E-state index in [1.165, 1.54) is 0 Å². The minimum atomic E-state index is -2.83. The molecule has 6 fully saturated rings. The Labute approximate surface area is 528 Å². The predicted octanol–water partition coefficient (Wildman–Crippen LogP) is 4.06. The van der Waals surface area contributed by atoms with Gasteiger partial charge in [-0.25, -0.2) is 24.0 Å². The van der Waals surface area contributed by atoms with Crippen molar-refractivity contribution in [1.29, 1.82) is 0 Å². The van der Waals surface area contributed by atoms with Gasteiger partial charge in [0.2, 0.25) is 5.91 Å². The van der Waals surface area contributed by atoms with Gasteiger partial charge in [0, 0.05) is 31.1 Å². The highest BCUT2D eigenvalue weighted by atomic mass is 28.4. The predicted molar refractivity (Wildman–Crippen MR) is 322 cm³/mol. The number of fused-ring (bicyclic) bond motifs is 2. The molecule has 2 aliphatic carbocycles. The second-order valence-corrected chi connectivity index (χ2v) is 30.6. The first-order valence-electron chi connectivity index (χ1n) is 31.0. The van der Waals surface area contributed by atoms with Gasteiger partial charge in [-0.15, -0.1) is 0 Å². The van der Waals surface area contributed by atoms with Crippen molar-refractivity contribution in [1.82, 2.24) is 31.9 Å². The fraction of sp³-hybridized carbons (Fsp3) is 0.603. The second-order valence-electron chi connectivity index (χ2n) is 25.8. The van der Waals surface area contributed by atoms with Gasteiger partial charge in [0.05, 0.1) is 37.3 Å². The molecule has 498 valence electrons. The average Bonchev–Trinajstić information content (AvgIpc) is 0.777. The van der Waals surface area contributed by atoms with E-state index in [0.717, 1.165) is 0 Å². The number of aliphatic hydroxyl groups is 4. The van der Waals surface area contributed by atoms with Crippen LogP contribution in [-0.2, 0) is 76.5 Å². The summed E-state index contributed by atoms with van der Waals surface area (Å²) in [7, 11) is -2.83. The summed E-state index contributed by atoms with van der Waals surface area (Å²) in [5.74, 6) is -2.85. The van der Waals surface area contributed by atoms with Crippen LogP contribution in [0.2, 0.25) is 18.1 Å². The third-order valence-corrected chi connectivity index (χ3v) is 22.9. The molecule has 0 radical (unpaired) electrons. The van der Waals surface area contributed by atoms with Crippen LogP contribution in [0.25, 0.3) is 0 Å². The van der Waals surface area contributed by atoms with Crippen molar-refractivity contribution < 1.29 is 101 Å². The Kier molecular flexibility index (Phi) is 22.7. The molecule has 20 atom stereocenters. The topological polar surface area (TPSA) is 365 Å². The Bertz CT molecular complexity index is 2970. The quantitative estimate of drug-likeness (QED) is 0.0531. The molecule has 10 N–H and O–H groups in total. The molecule has 28 heteroatoms. The van der Waals surface area contributed by atoms with Crippen molar-refractivity contribution in [2.75, 3.05) is 13.1 Å². The van der Waals surface area contributed by atoms with Crippen molar-refractivity contribution in [2.24, 2.45) is 17.8 Å². The Morgan fingerprint density at radius 2 is 1.02 bits per heavy atom. The van der Waals surface area contributed by atoms with Gasteiger partial charge in [-0.1, -0.05) is 126 Å². The number of amides is 6. The summed E-state index contributed by atoms with van der Waals surface area (Å²) >= 11 is 0. The number of nitrogens with one attached hydrogen (secondary N) is 6. The fourth-order valence-electron chi connectivity index (χ4n) is 12.1. The van der Waals surface area contributed by atoms with Crippen LogP contribution in [0.15, 0.2) is 91.0 Å². The number of ketones is 1. The van der Waals surface area contributed by atoms with Crippen LogP contribution in [0.5, 0.6) is 0 Å². The summed E-state index contributed by atoms with van der Waals surface area (Å²) in [5.41, 5.74) is 2.04. The first-order chi connectivity index (χ1) is 43.3. The van der Waals surface area contributed by atoms with E-state index in [2.05, 4.69) is 31.9 Å². The number of hydrogen-bond donors (Lipinski definition) is 10. The number of aliphatic hydroxyl groups excluding tert-OH is 4. The number of carbonyl (C=O) groups is 7. The molecule has 2 saturated carbocycles. The minimum Gasteiger partial charge on any atom is -0.445 e. The number of carbonyl (C=O) groups excluding carboxylic acids is 7. The lowest BCUT2D eigenvalue weighted by Gasteiger charge is -2.52. The summed E-state index contributed by atoms with van der Waals surface area (Å²) in [4.78, 5) is 93.9. The zero-order valence-corrected chi connectivity index (χ0v) is 53.0. The molecule has 4 saturated heterocycles. The van der Waals surface area contributed by atoms with Crippen LogP contribution in [0.4, 0.5) is 24.0 Å². The van der Waals surface area contributed by atoms with E-state index in [-0.39, 0.29) is 64.5 Å². The van der Waals surface area contributed by atoms with E-state index in [4.69, 9.17) is 47.1 Å². The van der Waals surface area contributed by atoms with E-state index in [1.807, 2.05) is 59.8 Å². The number of ether oxygens (including phenoxy) is 9. The molecule has 9 rings (SSSR count). The molecule has 3 aromatic carbocycles. The number of rotatable bonds is 21. The lowest BCUT2D eigenvalue weighted by atomic mass is 9.76. The molecular weight excluding hydrogens is 1200 g/mol. The van der Waals surface area contributed by atoms with Gasteiger partial charge in [0.1, 0.15) is 86.6 Å². The zero-order valence-electron chi connectivity index (χ0n) is 52.0. The summed E-state index contributed by atoms with van der Waals surface area (Å²) in [6.45, 7) is 13.3. The largest absolute Gasteiger partial charge is 0.445 e. The molecule has 3 aromatic rings. The summed E-state index contributed by atoms with van der Waals surface area (Å²) in [6, 6.07) is 21.7. The maximum absolute atomic E-state index is 13.9. The van der Waals surface area contributed by atoms with Gasteiger partial charge in [0.25, 0.3) is 0 Å². The number of benzene rings is 3. The SMILES string of the molecule is CC1[C@@H](O[C@@H]2C(NC(=O)OCc3ccccc3)C[C@@H](CC(=O)CCC(=O)N[C@@H]3CC(NC(=O)OCc4ccccc4)[C@@H](O[C@H]4O[C@@H]5CNC(=O)O[C@H]5C(O[Si](C)(C)C(C)(C)C)C4NC(=O)OCc4ccccc4)C(O)C3O)C(O)[C@H]2O)OC2CNC(=O)O[C@H]2[C@@H]1C. The van der Waals surface area contributed by atoms with Crippen LogP contribution in [0.3, 0.4) is 0 Å². The monoisotopic (exact) mass is 1290 g/mol. The maximum Gasteiger partial charge on any atom is 0.407 e. The molecule has 6 amide bonds. The van der Waals surface area contributed by atoms with Crippen LogP contribution >= 0.6 is 0 Å². The van der Waals surface area contributed by atoms with Gasteiger partial charge in [-0.3, -0.25) is 9.59 Å². The molecule has 91 heavy (non-hydrogen) atoms. The number of alkyl carbamates (subject to hydrolysis) is 5. The summed E-state index contributed by atoms with van der Waals surface area (Å²) in [6.07, 6.45) is -22.3. The zero-order chi connectivity index (χ0) is 65.3. The molecule has 0 spiro atoms. The maximum atomic E-state index is 13.9. The molecule has 9 unspecified atom stereocenters. The van der Waals surface area contributed by atoms with Crippen molar-refractivity contribution in [3.05, 3.63) is 108 Å². The number of Topliss-reactive ketones (excluding diaryl/α,β-unsaturated/α-hetero) is 1. The first kappa shape index (κ1) is 68.4. The first-order valence-corrected chi connectivity index (χ1v) is 33.9. The Morgan fingerprint density at radius 3 is 1.55 bits per heavy atom. The Morgan fingerprint density at radius 1 is 0.560 bits per heavy atom. The highest BCUT2D eigenvalue weighted by Gasteiger charge is 2.58. The lowest BCUT2D eigenvalue weighted by Crippen LogP contribution is -2.72. The minimum absolute atomic E-state index is 0.0782. The van der Waals surface area contributed by atoms with Gasteiger partial charge >= 0.3 is 30.5 Å². The Hall–Kier alpha value is -6.99. The van der Waals surface area contributed by atoms with Crippen LogP contribution < -0.4 is 31.9 Å². The van der Waals surface area contributed by atoms with E-state index < -0.39 is 178 Å². The third kappa shape index (κ3) is 17.4. The van der Waals surface area contributed by atoms with Crippen LogP contribution in [0.1, 0.15) is 83.4 Å². The van der Waals surface area contributed by atoms with Gasteiger partial charge in [-0.2, -0.15) is 0 Å². The van der Waals surface area contributed by atoms with E-state index in [0.29, 0.717) is 16.7 Å². The van der Waals surface area contributed by atoms with Crippen LogP contribution in [-0.4, -0.2) is 188 Å². The third-order valence-electron chi connectivity index (χ3n) is 18.4. The lowest BCUT2D eigenvalue weighted by molar-refractivity contribution is -0.298. The smallest absolute Gasteiger partial charge is 0.407 e. The fourth-order valence-corrected chi connectivity index (χ4v) is 13.4. The van der Waals surface area contributed by atoms with Crippen molar-refractivity contribution in [3.63, 3.8) is 0 Å². The van der Waals surface area contributed by atoms with Crippen molar-refractivity contribution in [2.45, 2.75) is 209 Å². The second kappa shape index (κ2) is 30.2. The van der Waals surface area contributed by atoms with Gasteiger partial charge in [0.15, 0.2) is 27.0 Å². The van der Waals surface area contributed by atoms with E-state index >= 15 is 0 Å². The molecule has 0 bridgehead atoms. The molecule has 27 nitrogen and oxygen atoms in total. The van der Waals surface area contributed by atoms with Crippen molar-refractivity contribution >= 4 is 50.5 Å². The Balaban J connectivity index is 0.890.